The van der Waals surface area contributed by atoms with Crippen LogP contribution in [0.1, 0.15) is 32.9 Å². The molecule has 1 aliphatic rings. The van der Waals surface area contributed by atoms with Gasteiger partial charge in [-0.2, -0.15) is 0 Å². The van der Waals surface area contributed by atoms with Crippen LogP contribution in [-0.2, 0) is 10.3 Å². The number of hydrogen-bond acceptors (Lipinski definition) is 4. The average molecular weight is 286 g/mol. The van der Waals surface area contributed by atoms with Crippen LogP contribution in [0.2, 0.25) is 0 Å². The summed E-state index contributed by atoms with van der Waals surface area (Å²) in [5.41, 5.74) is 1.07. The van der Waals surface area contributed by atoms with E-state index in [1.165, 1.54) is 5.39 Å². The first-order valence-electron chi connectivity index (χ1n) is 7.39. The first-order chi connectivity index (χ1) is 9.99. The second-order valence-corrected chi connectivity index (χ2v) is 6.46. The Labute approximate surface area is 125 Å². The highest BCUT2D eigenvalue weighted by molar-refractivity contribution is 5.88. The number of aromatic nitrogens is 1. The van der Waals surface area contributed by atoms with Crippen molar-refractivity contribution in [2.75, 3.05) is 25.3 Å². The second kappa shape index (κ2) is 5.19. The summed E-state index contributed by atoms with van der Waals surface area (Å²) in [5, 5.41) is 4.21. The number of pyridine rings is 1. The topological polar surface area (TPSA) is 34.6 Å². The maximum atomic E-state index is 5.65. The minimum absolute atomic E-state index is 0.0252. The molecule has 1 saturated heterocycles. The lowest BCUT2D eigenvalue weighted by Crippen LogP contribution is -2.21. The zero-order valence-electron chi connectivity index (χ0n) is 13.1. The Morgan fingerprint density at radius 3 is 2.67 bits per heavy atom. The Morgan fingerprint density at radius 1 is 1.24 bits per heavy atom. The molecule has 1 fully saturated rings. The molecule has 1 aliphatic heterocycles. The number of hydrogen-bond donors (Lipinski definition) is 0. The van der Waals surface area contributed by atoms with Crippen LogP contribution in [0.5, 0.6) is 5.75 Å². The van der Waals surface area contributed by atoms with E-state index in [-0.39, 0.29) is 5.41 Å². The normalized spacial score (nSPS) is 15.7. The number of benzene rings is 1. The number of nitrogens with zero attached hydrogens (tertiary/aromatic N) is 2. The lowest BCUT2D eigenvalue weighted by atomic mass is 9.88. The summed E-state index contributed by atoms with van der Waals surface area (Å²) in [6, 6.07) is 8.23. The van der Waals surface area contributed by atoms with Gasteiger partial charge in [-0.25, -0.2) is 10.0 Å². The van der Waals surface area contributed by atoms with Gasteiger partial charge in [0.25, 0.3) is 0 Å². The van der Waals surface area contributed by atoms with Crippen LogP contribution in [-0.4, -0.2) is 25.2 Å². The summed E-state index contributed by atoms with van der Waals surface area (Å²) in [6.07, 6.45) is 1.04. The summed E-state index contributed by atoms with van der Waals surface area (Å²) in [7, 11) is 1.69. The Kier molecular flexibility index (Phi) is 3.49. The molecule has 0 spiro atoms. The van der Waals surface area contributed by atoms with Crippen LogP contribution < -0.4 is 9.80 Å². The van der Waals surface area contributed by atoms with E-state index in [9.17, 15) is 0 Å². The van der Waals surface area contributed by atoms with E-state index in [0.717, 1.165) is 42.2 Å². The zero-order valence-corrected chi connectivity index (χ0v) is 13.1. The van der Waals surface area contributed by atoms with Gasteiger partial charge in [-0.1, -0.05) is 20.8 Å². The Hall–Kier alpha value is -1.81. The van der Waals surface area contributed by atoms with E-state index >= 15 is 0 Å². The van der Waals surface area contributed by atoms with Gasteiger partial charge in [-0.05, 0) is 36.1 Å². The van der Waals surface area contributed by atoms with E-state index in [1.54, 1.807) is 7.11 Å². The van der Waals surface area contributed by atoms with Crippen LogP contribution in [0, 0.1) is 0 Å². The van der Waals surface area contributed by atoms with Crippen molar-refractivity contribution in [3.8, 4) is 5.75 Å². The third kappa shape index (κ3) is 2.68. The molecule has 0 saturated carbocycles. The minimum Gasteiger partial charge on any atom is -0.497 e. The molecule has 1 aromatic carbocycles. The first kappa shape index (κ1) is 14.1. The Bertz CT molecular complexity index is 656. The predicted octanol–water partition coefficient (Wildman–Crippen LogP) is 3.68. The predicted molar refractivity (Wildman–Crippen MR) is 84.9 cm³/mol. The molecule has 0 unspecified atom stereocenters. The molecule has 3 rings (SSSR count). The van der Waals surface area contributed by atoms with Crippen molar-refractivity contribution in [1.29, 1.82) is 0 Å². The molecule has 0 bridgehead atoms. The van der Waals surface area contributed by atoms with Crippen molar-refractivity contribution in [2.45, 2.75) is 32.6 Å². The Morgan fingerprint density at radius 2 is 2.05 bits per heavy atom. The fraction of sp³-hybridized carbons (Fsp3) is 0.471. The average Bonchev–Trinajstić information content (AvgIpc) is 2.98. The molecule has 0 amide bonds. The maximum absolute atomic E-state index is 5.65. The van der Waals surface area contributed by atoms with Crippen LogP contribution in [0.3, 0.4) is 0 Å². The molecular weight excluding hydrogens is 264 g/mol. The van der Waals surface area contributed by atoms with Crippen molar-refractivity contribution in [3.05, 3.63) is 30.0 Å². The van der Waals surface area contributed by atoms with Gasteiger partial charge in [0.1, 0.15) is 5.75 Å². The lowest BCUT2D eigenvalue weighted by molar-refractivity contribution is 0.166. The zero-order chi connectivity index (χ0) is 15.0. The quantitative estimate of drug-likeness (QED) is 0.843. The number of ether oxygens (including phenoxy) is 1. The molecule has 21 heavy (non-hydrogen) atoms. The molecule has 0 radical (unpaired) electrons. The van der Waals surface area contributed by atoms with Gasteiger partial charge in [0.15, 0.2) is 5.82 Å². The summed E-state index contributed by atoms with van der Waals surface area (Å²) >= 11 is 0. The van der Waals surface area contributed by atoms with Crippen LogP contribution in [0.4, 0.5) is 5.82 Å². The van der Waals surface area contributed by atoms with E-state index in [0.29, 0.717) is 0 Å². The molecule has 4 heteroatoms. The van der Waals surface area contributed by atoms with Gasteiger partial charge in [0, 0.05) is 17.3 Å². The summed E-state index contributed by atoms with van der Waals surface area (Å²) in [4.78, 5) is 10.5. The van der Waals surface area contributed by atoms with Gasteiger partial charge in [0.05, 0.1) is 19.4 Å². The molecular formula is C17H22N2O2. The minimum atomic E-state index is -0.0252. The SMILES string of the molecule is COc1ccc2c(C(C)(C)C)nc(N3CCCO3)cc2c1. The molecule has 0 aliphatic carbocycles. The standard InChI is InChI=1S/C17H22N2O2/c1-17(2,3)16-14-7-6-13(20-4)10-12(14)11-15(18-16)19-8-5-9-21-19/h6-7,10-11H,5,8-9H2,1-4H3. The second-order valence-electron chi connectivity index (χ2n) is 6.46. The maximum Gasteiger partial charge on any atom is 0.153 e. The van der Waals surface area contributed by atoms with Gasteiger partial charge in [-0.15, -0.1) is 0 Å². The monoisotopic (exact) mass is 286 g/mol. The number of hydroxylamine groups is 1. The number of rotatable bonds is 2. The van der Waals surface area contributed by atoms with Crippen molar-refractivity contribution in [3.63, 3.8) is 0 Å². The molecule has 4 nitrogen and oxygen atoms in total. The lowest BCUT2D eigenvalue weighted by Gasteiger charge is -2.24. The van der Waals surface area contributed by atoms with Crippen molar-refractivity contribution in [1.82, 2.24) is 4.98 Å². The number of methoxy groups -OCH3 is 1. The van der Waals surface area contributed by atoms with E-state index in [2.05, 4.69) is 39.0 Å². The number of anilines is 1. The summed E-state index contributed by atoms with van der Waals surface area (Å²) in [5.74, 6) is 1.75. The summed E-state index contributed by atoms with van der Waals surface area (Å²) in [6.45, 7) is 8.23. The fourth-order valence-corrected chi connectivity index (χ4v) is 2.68. The molecule has 112 valence electrons. The third-order valence-electron chi connectivity index (χ3n) is 3.74. The van der Waals surface area contributed by atoms with Gasteiger partial charge in [-0.3, -0.25) is 4.84 Å². The first-order valence-corrected chi connectivity index (χ1v) is 7.39. The Balaban J connectivity index is 2.21. The number of fused-ring (bicyclic) bond motifs is 1. The molecule has 0 N–H and O–H groups in total. The highest BCUT2D eigenvalue weighted by atomic mass is 16.7. The molecule has 0 atom stereocenters. The van der Waals surface area contributed by atoms with E-state index < -0.39 is 0 Å². The van der Waals surface area contributed by atoms with Gasteiger partial charge >= 0.3 is 0 Å². The van der Waals surface area contributed by atoms with E-state index in [1.807, 2.05) is 11.1 Å². The van der Waals surface area contributed by atoms with Gasteiger partial charge < -0.3 is 4.74 Å². The largest absolute Gasteiger partial charge is 0.497 e. The van der Waals surface area contributed by atoms with Crippen LogP contribution in [0.25, 0.3) is 10.8 Å². The van der Waals surface area contributed by atoms with E-state index in [4.69, 9.17) is 14.6 Å². The van der Waals surface area contributed by atoms with Crippen molar-refractivity contribution < 1.29 is 9.57 Å². The third-order valence-corrected chi connectivity index (χ3v) is 3.74. The molecule has 2 heterocycles. The van der Waals surface area contributed by atoms with Crippen molar-refractivity contribution >= 4 is 16.6 Å². The highest BCUT2D eigenvalue weighted by Crippen LogP contribution is 2.33. The van der Waals surface area contributed by atoms with Crippen LogP contribution in [0.15, 0.2) is 24.3 Å². The highest BCUT2D eigenvalue weighted by Gasteiger charge is 2.23. The van der Waals surface area contributed by atoms with Gasteiger partial charge in [0.2, 0.25) is 0 Å². The van der Waals surface area contributed by atoms with Crippen molar-refractivity contribution in [2.24, 2.45) is 0 Å². The van der Waals surface area contributed by atoms with Crippen LogP contribution >= 0.6 is 0 Å². The molecule has 2 aromatic rings. The summed E-state index contributed by atoms with van der Waals surface area (Å²) < 4.78 is 5.35. The smallest absolute Gasteiger partial charge is 0.153 e. The molecule has 1 aromatic heterocycles. The fourth-order valence-electron chi connectivity index (χ4n) is 2.68.